The third kappa shape index (κ3) is 5.73. The van der Waals surface area contributed by atoms with Crippen molar-refractivity contribution >= 4 is 29.5 Å². The summed E-state index contributed by atoms with van der Waals surface area (Å²) >= 11 is 10.3. The highest BCUT2D eigenvalue weighted by molar-refractivity contribution is 6.55. The maximum atomic E-state index is 9.58. The third-order valence-corrected chi connectivity index (χ3v) is 0.664. The van der Waals surface area contributed by atoms with Gasteiger partial charge in [-0.05, 0) is 12.2 Å². The van der Waals surface area contributed by atoms with Crippen molar-refractivity contribution in [3.8, 4) is 0 Å². The second-order valence-electron chi connectivity index (χ2n) is 0.977. The predicted molar refractivity (Wildman–Crippen MR) is 35.0 cm³/mol. The molecule has 8 heavy (non-hydrogen) atoms. The molecule has 0 aromatic heterocycles. The molecule has 0 fully saturated rings. The molecule has 44 valence electrons. The van der Waals surface area contributed by atoms with Gasteiger partial charge in [0.05, 0.1) is 0 Å². The van der Waals surface area contributed by atoms with Gasteiger partial charge in [-0.2, -0.15) is 0 Å². The zero-order valence-electron chi connectivity index (χ0n) is 3.97. The van der Waals surface area contributed by atoms with E-state index in [0.717, 1.165) is 0 Å². The Kier molecular flexibility index (Phi) is 4.71. The SMILES string of the molecule is O=CC=CC=C(Cl)Cl. The van der Waals surface area contributed by atoms with E-state index in [-0.39, 0.29) is 4.49 Å². The molecule has 1 nitrogen and oxygen atoms in total. The number of halogens is 2. The minimum Gasteiger partial charge on any atom is -0.299 e. The number of rotatable bonds is 2. The second kappa shape index (κ2) is 4.88. The van der Waals surface area contributed by atoms with Crippen LogP contribution in [-0.4, -0.2) is 6.29 Å². The average molecular weight is 151 g/mol. The van der Waals surface area contributed by atoms with Gasteiger partial charge in [0.1, 0.15) is 10.8 Å². The van der Waals surface area contributed by atoms with Gasteiger partial charge in [-0.3, -0.25) is 4.79 Å². The summed E-state index contributed by atoms with van der Waals surface area (Å²) in [6.07, 6.45) is 4.82. The Balaban J connectivity index is 3.57. The molecule has 0 saturated carbocycles. The summed E-state index contributed by atoms with van der Waals surface area (Å²) in [4.78, 5) is 9.58. The maximum absolute atomic E-state index is 9.58. The molecule has 0 atom stereocenters. The van der Waals surface area contributed by atoms with Gasteiger partial charge in [-0.1, -0.05) is 29.3 Å². The van der Waals surface area contributed by atoms with E-state index < -0.39 is 0 Å². The Morgan fingerprint density at radius 2 is 1.88 bits per heavy atom. The zero-order chi connectivity index (χ0) is 6.41. The van der Waals surface area contributed by atoms with Crippen LogP contribution < -0.4 is 0 Å². The number of hydrogen-bond acceptors (Lipinski definition) is 1. The molecule has 0 aromatic rings. The Hall–Kier alpha value is -0.270. The van der Waals surface area contributed by atoms with Crippen LogP contribution >= 0.6 is 23.2 Å². The van der Waals surface area contributed by atoms with Crippen LogP contribution in [0.25, 0.3) is 0 Å². The second-order valence-corrected chi connectivity index (χ2v) is 1.99. The third-order valence-electron chi connectivity index (χ3n) is 0.412. The molecule has 0 bridgehead atoms. The van der Waals surface area contributed by atoms with E-state index >= 15 is 0 Å². The van der Waals surface area contributed by atoms with Crippen LogP contribution in [0.1, 0.15) is 0 Å². The Morgan fingerprint density at radius 1 is 1.25 bits per heavy atom. The topological polar surface area (TPSA) is 17.1 Å². The summed E-state index contributed by atoms with van der Waals surface area (Å²) in [5, 5.41) is 0. The smallest absolute Gasteiger partial charge is 0.142 e. The standard InChI is InChI=1S/C5H4Cl2O/c6-5(7)3-1-2-4-8/h1-4H. The van der Waals surface area contributed by atoms with Gasteiger partial charge in [-0.15, -0.1) is 0 Å². The van der Waals surface area contributed by atoms with Gasteiger partial charge in [0.25, 0.3) is 0 Å². The Labute approximate surface area is 57.6 Å². The quantitative estimate of drug-likeness (QED) is 0.335. The molecular formula is C5H4Cl2O. The molecule has 0 aliphatic carbocycles. The van der Waals surface area contributed by atoms with Gasteiger partial charge in [0, 0.05) is 0 Å². The number of allylic oxidation sites excluding steroid dienone is 3. The van der Waals surface area contributed by atoms with Crippen molar-refractivity contribution in [3.05, 3.63) is 22.7 Å². The van der Waals surface area contributed by atoms with Gasteiger partial charge in [0.2, 0.25) is 0 Å². The van der Waals surface area contributed by atoms with Crippen molar-refractivity contribution in [2.24, 2.45) is 0 Å². The molecule has 0 N–H and O–H groups in total. The van der Waals surface area contributed by atoms with E-state index in [9.17, 15) is 4.79 Å². The summed E-state index contributed by atoms with van der Waals surface area (Å²) < 4.78 is 0.142. The fourth-order valence-electron chi connectivity index (χ4n) is 0.174. The van der Waals surface area contributed by atoms with Crippen LogP contribution in [-0.2, 0) is 4.79 Å². The van der Waals surface area contributed by atoms with E-state index in [2.05, 4.69) is 0 Å². The molecule has 0 heterocycles. The van der Waals surface area contributed by atoms with Gasteiger partial charge < -0.3 is 0 Å². The lowest BCUT2D eigenvalue weighted by molar-refractivity contribution is -0.104. The van der Waals surface area contributed by atoms with Gasteiger partial charge >= 0.3 is 0 Å². The van der Waals surface area contributed by atoms with E-state index in [1.165, 1.54) is 18.2 Å². The van der Waals surface area contributed by atoms with Gasteiger partial charge in [0.15, 0.2) is 0 Å². The largest absolute Gasteiger partial charge is 0.299 e. The number of aldehydes is 1. The highest BCUT2D eigenvalue weighted by atomic mass is 35.5. The van der Waals surface area contributed by atoms with Crippen LogP contribution in [0.4, 0.5) is 0 Å². The number of hydrogen-bond donors (Lipinski definition) is 0. The van der Waals surface area contributed by atoms with Crippen molar-refractivity contribution in [1.82, 2.24) is 0 Å². The van der Waals surface area contributed by atoms with Gasteiger partial charge in [-0.25, -0.2) is 0 Å². The summed E-state index contributed by atoms with van der Waals surface area (Å²) in [6, 6.07) is 0. The summed E-state index contributed by atoms with van der Waals surface area (Å²) in [7, 11) is 0. The first-order valence-corrected chi connectivity index (χ1v) is 2.66. The van der Waals surface area contributed by atoms with Crippen LogP contribution in [0.2, 0.25) is 0 Å². The van der Waals surface area contributed by atoms with Crippen molar-refractivity contribution in [2.45, 2.75) is 0 Å². The van der Waals surface area contributed by atoms with E-state index in [0.29, 0.717) is 6.29 Å². The fourth-order valence-corrected chi connectivity index (χ4v) is 0.319. The first-order valence-electron chi connectivity index (χ1n) is 1.90. The summed E-state index contributed by atoms with van der Waals surface area (Å²) in [6.45, 7) is 0. The summed E-state index contributed by atoms with van der Waals surface area (Å²) in [5.74, 6) is 0. The lowest BCUT2D eigenvalue weighted by atomic mass is 10.5. The Bertz CT molecular complexity index is 122. The predicted octanol–water partition coefficient (Wildman–Crippen LogP) is 2.06. The first-order chi connectivity index (χ1) is 3.77. The number of carbonyl (C=O) groups is 1. The van der Waals surface area contributed by atoms with Crippen molar-refractivity contribution in [1.29, 1.82) is 0 Å². The van der Waals surface area contributed by atoms with E-state index in [1.807, 2.05) is 0 Å². The maximum Gasteiger partial charge on any atom is 0.142 e. The highest BCUT2D eigenvalue weighted by Crippen LogP contribution is 2.04. The zero-order valence-corrected chi connectivity index (χ0v) is 5.49. The van der Waals surface area contributed by atoms with Crippen LogP contribution in [0.3, 0.4) is 0 Å². The Morgan fingerprint density at radius 3 is 2.25 bits per heavy atom. The van der Waals surface area contributed by atoms with E-state index in [1.54, 1.807) is 0 Å². The molecule has 0 aliphatic rings. The lowest BCUT2D eigenvalue weighted by Gasteiger charge is -1.71. The fraction of sp³-hybridized carbons (Fsp3) is 0. The van der Waals surface area contributed by atoms with Crippen LogP contribution in [0.5, 0.6) is 0 Å². The summed E-state index contributed by atoms with van der Waals surface area (Å²) in [5.41, 5.74) is 0. The molecule has 0 rings (SSSR count). The lowest BCUT2D eigenvalue weighted by Crippen LogP contribution is -1.55. The van der Waals surface area contributed by atoms with E-state index in [4.69, 9.17) is 23.2 Å². The molecule has 0 radical (unpaired) electrons. The normalized spacial score (nSPS) is 9.25. The molecule has 0 spiro atoms. The molecule has 0 aliphatic heterocycles. The molecule has 0 unspecified atom stereocenters. The molecule has 0 saturated heterocycles. The van der Waals surface area contributed by atoms with Crippen molar-refractivity contribution in [3.63, 3.8) is 0 Å². The van der Waals surface area contributed by atoms with Crippen molar-refractivity contribution in [2.75, 3.05) is 0 Å². The number of carbonyl (C=O) groups excluding carboxylic acids is 1. The van der Waals surface area contributed by atoms with Crippen molar-refractivity contribution < 1.29 is 4.79 Å². The monoisotopic (exact) mass is 150 g/mol. The minimum atomic E-state index is 0.142. The van der Waals surface area contributed by atoms with Crippen LogP contribution in [0.15, 0.2) is 22.7 Å². The average Bonchev–Trinajstić information content (AvgIpc) is 1.66. The molecule has 3 heteroatoms. The molecule has 0 aromatic carbocycles. The first kappa shape index (κ1) is 7.73. The molecule has 0 amide bonds. The molecular weight excluding hydrogens is 147 g/mol. The minimum absolute atomic E-state index is 0.142. The van der Waals surface area contributed by atoms with Crippen LogP contribution in [0, 0.1) is 0 Å². The highest BCUT2D eigenvalue weighted by Gasteiger charge is 1.73.